The Labute approximate surface area is 161 Å². The molecular weight excluding hydrogens is 364 g/mol. The molecule has 146 valence electrons. The fourth-order valence-electron chi connectivity index (χ4n) is 2.55. The van der Waals surface area contributed by atoms with E-state index >= 15 is 0 Å². The van der Waals surface area contributed by atoms with E-state index in [9.17, 15) is 13.2 Å². The van der Waals surface area contributed by atoms with Gasteiger partial charge in [0.05, 0.1) is 18.5 Å². The van der Waals surface area contributed by atoms with Crippen molar-refractivity contribution in [2.45, 2.75) is 20.3 Å². The molecule has 0 spiro atoms. The summed E-state index contributed by atoms with van der Waals surface area (Å²) in [4.78, 5) is 12.2. The van der Waals surface area contributed by atoms with Gasteiger partial charge in [0.1, 0.15) is 18.9 Å². The molecule has 0 heterocycles. The minimum Gasteiger partial charge on any atom is -0.492 e. The molecule has 0 saturated heterocycles. The number of carbonyl (C=O) groups excluding carboxylic acids is 1. The van der Waals surface area contributed by atoms with Crippen molar-refractivity contribution in [2.24, 2.45) is 0 Å². The zero-order valence-corrected chi connectivity index (χ0v) is 16.8. The highest BCUT2D eigenvalue weighted by atomic mass is 32.2. The maximum Gasteiger partial charge on any atom is 0.240 e. The number of nitrogens with zero attached hydrogens (tertiary/aromatic N) is 1. The van der Waals surface area contributed by atoms with Crippen LogP contribution in [0.3, 0.4) is 0 Å². The predicted octanol–water partition coefficient (Wildman–Crippen LogP) is 2.52. The van der Waals surface area contributed by atoms with E-state index in [-0.39, 0.29) is 12.5 Å². The Morgan fingerprint density at radius 2 is 1.85 bits per heavy atom. The third-order valence-electron chi connectivity index (χ3n) is 4.00. The molecule has 0 aromatic heterocycles. The number of nitrogens with one attached hydrogen (secondary N) is 1. The zero-order valence-electron chi connectivity index (χ0n) is 15.9. The first kappa shape index (κ1) is 20.8. The van der Waals surface area contributed by atoms with Crippen molar-refractivity contribution in [3.05, 3.63) is 59.7 Å². The van der Waals surface area contributed by atoms with Crippen molar-refractivity contribution in [3.63, 3.8) is 0 Å². The van der Waals surface area contributed by atoms with Gasteiger partial charge in [-0.1, -0.05) is 31.2 Å². The fraction of sp³-hybridized carbons (Fsp3) is 0.350. The molecule has 1 amide bonds. The Morgan fingerprint density at radius 3 is 2.44 bits per heavy atom. The van der Waals surface area contributed by atoms with Crippen LogP contribution in [0.5, 0.6) is 5.75 Å². The first-order valence-corrected chi connectivity index (χ1v) is 10.7. The first-order chi connectivity index (χ1) is 12.8. The van der Waals surface area contributed by atoms with Crippen molar-refractivity contribution in [3.8, 4) is 5.75 Å². The molecule has 0 unspecified atom stereocenters. The smallest absolute Gasteiger partial charge is 0.240 e. The lowest BCUT2D eigenvalue weighted by Gasteiger charge is -2.22. The minimum atomic E-state index is -3.57. The lowest BCUT2D eigenvalue weighted by Crippen LogP contribution is -2.41. The van der Waals surface area contributed by atoms with Crippen LogP contribution in [-0.4, -0.2) is 40.3 Å². The normalized spacial score (nSPS) is 11.1. The average Bonchev–Trinajstić information content (AvgIpc) is 2.62. The van der Waals surface area contributed by atoms with Crippen LogP contribution in [0.4, 0.5) is 5.69 Å². The van der Waals surface area contributed by atoms with Gasteiger partial charge in [0.25, 0.3) is 0 Å². The monoisotopic (exact) mass is 390 g/mol. The van der Waals surface area contributed by atoms with Gasteiger partial charge in [0.2, 0.25) is 15.9 Å². The zero-order chi connectivity index (χ0) is 19.9. The maximum absolute atomic E-state index is 12.2. The Balaban J connectivity index is 1.90. The van der Waals surface area contributed by atoms with Gasteiger partial charge in [0.15, 0.2) is 0 Å². The number of carbonyl (C=O) groups is 1. The molecule has 0 aliphatic rings. The van der Waals surface area contributed by atoms with E-state index in [4.69, 9.17) is 4.74 Å². The maximum atomic E-state index is 12.2. The van der Waals surface area contributed by atoms with Crippen LogP contribution < -0.4 is 14.4 Å². The number of hydrogen-bond acceptors (Lipinski definition) is 4. The summed E-state index contributed by atoms with van der Waals surface area (Å²) in [6.45, 7) is 4.32. The molecule has 0 radical (unpaired) electrons. The van der Waals surface area contributed by atoms with Crippen LogP contribution in [0.2, 0.25) is 0 Å². The molecule has 27 heavy (non-hydrogen) atoms. The van der Waals surface area contributed by atoms with Crippen molar-refractivity contribution in [1.82, 2.24) is 5.32 Å². The third kappa shape index (κ3) is 6.60. The Bertz CT molecular complexity index is 864. The Kier molecular flexibility index (Phi) is 7.24. The van der Waals surface area contributed by atoms with Gasteiger partial charge < -0.3 is 10.1 Å². The number of amides is 1. The molecule has 0 aliphatic carbocycles. The van der Waals surface area contributed by atoms with E-state index in [1.165, 1.54) is 0 Å². The van der Waals surface area contributed by atoms with Gasteiger partial charge in [-0.05, 0) is 48.7 Å². The van der Waals surface area contributed by atoms with E-state index < -0.39 is 10.0 Å². The number of anilines is 1. The van der Waals surface area contributed by atoms with Crippen LogP contribution in [0.15, 0.2) is 48.5 Å². The van der Waals surface area contributed by atoms with Crippen LogP contribution in [0, 0.1) is 6.92 Å². The second-order valence-electron chi connectivity index (χ2n) is 6.30. The summed E-state index contributed by atoms with van der Waals surface area (Å²) in [5, 5.41) is 2.69. The Hall–Kier alpha value is -2.54. The van der Waals surface area contributed by atoms with Crippen molar-refractivity contribution >= 4 is 21.6 Å². The lowest BCUT2D eigenvalue weighted by molar-refractivity contribution is -0.119. The molecule has 0 saturated carbocycles. The summed E-state index contributed by atoms with van der Waals surface area (Å²) in [7, 11) is -3.57. The van der Waals surface area contributed by atoms with E-state index in [0.717, 1.165) is 33.9 Å². The van der Waals surface area contributed by atoms with Gasteiger partial charge in [-0.15, -0.1) is 0 Å². The molecule has 0 fully saturated rings. The predicted molar refractivity (Wildman–Crippen MR) is 108 cm³/mol. The number of sulfonamides is 1. The lowest BCUT2D eigenvalue weighted by atomic mass is 10.1. The summed E-state index contributed by atoms with van der Waals surface area (Å²) in [5.41, 5.74) is 2.67. The number of rotatable bonds is 9. The van der Waals surface area contributed by atoms with Crippen molar-refractivity contribution < 1.29 is 17.9 Å². The SMILES string of the molecule is CCc1ccc(N(CC(=O)NCCOc2cccc(C)c2)S(C)(=O)=O)cc1. The number of ether oxygens (including phenoxy) is 1. The first-order valence-electron chi connectivity index (χ1n) is 8.82. The van der Waals surface area contributed by atoms with Crippen molar-refractivity contribution in [2.75, 3.05) is 30.3 Å². The number of aryl methyl sites for hydroxylation is 2. The summed E-state index contributed by atoms with van der Waals surface area (Å²) < 4.78 is 30.9. The third-order valence-corrected chi connectivity index (χ3v) is 5.14. The van der Waals surface area contributed by atoms with Gasteiger partial charge >= 0.3 is 0 Å². The summed E-state index contributed by atoms with van der Waals surface area (Å²) >= 11 is 0. The van der Waals surface area contributed by atoms with Crippen LogP contribution in [0.1, 0.15) is 18.1 Å². The average molecular weight is 391 g/mol. The second-order valence-corrected chi connectivity index (χ2v) is 8.21. The summed E-state index contributed by atoms with van der Waals surface area (Å²) in [6, 6.07) is 14.8. The van der Waals surface area contributed by atoms with E-state index in [0.29, 0.717) is 18.8 Å². The molecule has 1 N–H and O–H groups in total. The van der Waals surface area contributed by atoms with Crippen molar-refractivity contribution in [1.29, 1.82) is 0 Å². The number of hydrogen-bond donors (Lipinski definition) is 1. The standard InChI is InChI=1S/C20H26N2O4S/c1-4-17-8-10-18(11-9-17)22(27(3,24)25)15-20(23)21-12-13-26-19-7-5-6-16(2)14-19/h5-11,14H,4,12-13,15H2,1-3H3,(H,21,23). The summed E-state index contributed by atoms with van der Waals surface area (Å²) in [6.07, 6.45) is 1.95. The molecule has 6 nitrogen and oxygen atoms in total. The molecule has 7 heteroatoms. The number of benzene rings is 2. The van der Waals surface area contributed by atoms with E-state index in [1.807, 2.05) is 50.2 Å². The van der Waals surface area contributed by atoms with Gasteiger partial charge in [0, 0.05) is 0 Å². The van der Waals surface area contributed by atoms with Crippen LogP contribution >= 0.6 is 0 Å². The minimum absolute atomic E-state index is 0.269. The molecule has 2 aromatic rings. The molecule has 0 atom stereocenters. The van der Waals surface area contributed by atoms with Crippen LogP contribution in [0.25, 0.3) is 0 Å². The molecule has 2 rings (SSSR count). The highest BCUT2D eigenvalue weighted by Gasteiger charge is 2.20. The fourth-order valence-corrected chi connectivity index (χ4v) is 3.41. The quantitative estimate of drug-likeness (QED) is 0.668. The van der Waals surface area contributed by atoms with Gasteiger partial charge in [-0.3, -0.25) is 9.10 Å². The van der Waals surface area contributed by atoms with E-state index in [2.05, 4.69) is 5.32 Å². The van der Waals surface area contributed by atoms with Gasteiger partial charge in [-0.25, -0.2) is 8.42 Å². The Morgan fingerprint density at radius 1 is 1.15 bits per heavy atom. The van der Waals surface area contributed by atoms with Crippen LogP contribution in [-0.2, 0) is 21.2 Å². The topological polar surface area (TPSA) is 75.7 Å². The molecular formula is C20H26N2O4S. The summed E-state index contributed by atoms with van der Waals surface area (Å²) in [5.74, 6) is 0.353. The second kappa shape index (κ2) is 9.41. The van der Waals surface area contributed by atoms with Gasteiger partial charge in [-0.2, -0.15) is 0 Å². The van der Waals surface area contributed by atoms with E-state index in [1.54, 1.807) is 12.1 Å². The molecule has 2 aromatic carbocycles. The highest BCUT2D eigenvalue weighted by molar-refractivity contribution is 7.92. The molecule has 0 aliphatic heterocycles. The largest absolute Gasteiger partial charge is 0.492 e. The molecule has 0 bridgehead atoms. The highest BCUT2D eigenvalue weighted by Crippen LogP contribution is 2.18.